The van der Waals surface area contributed by atoms with E-state index in [1.807, 2.05) is 0 Å². The van der Waals surface area contributed by atoms with E-state index in [9.17, 15) is 58.5 Å². The number of alkyl carbamates (subject to hydrolysis) is 2. The molecule has 0 aliphatic rings. The van der Waals surface area contributed by atoms with E-state index in [1.165, 1.54) is 41.5 Å². The van der Waals surface area contributed by atoms with Crippen molar-refractivity contribution in [2.45, 2.75) is 168 Å². The first kappa shape index (κ1) is 68.9. The number of aliphatic hydroxyl groups is 3. The standard InChI is InChI=1S/C61H85N5O18/c1-59(2,76)51(68)44-21-27-47(28-22-44)79-38-41-82-50(67)20-14-8-7-11-17-35-64-56(73)65(36-18-12-9-15-33-62-54(71)83-42-39-80-48-29-23-45(24-30-48)52(69)60(3,4)77)58(75)66(57(64)74)37-19-13-10-16-34-63-55(72)84-43-40-81-49-31-25-46(26-32-49)53(70)61(5,6)78/h21-32,76-78H,7-20,33-43H2,1-6H3,(H,62,71)(H,63,72). The van der Waals surface area contributed by atoms with Crippen molar-refractivity contribution in [3.8, 4) is 17.2 Å². The second kappa shape index (κ2) is 34.8. The van der Waals surface area contributed by atoms with E-state index in [-0.39, 0.29) is 71.7 Å². The van der Waals surface area contributed by atoms with Crippen LogP contribution in [0.3, 0.4) is 0 Å². The van der Waals surface area contributed by atoms with Crippen LogP contribution in [0.25, 0.3) is 0 Å². The highest BCUT2D eigenvalue weighted by atomic mass is 16.6. The Morgan fingerprint density at radius 2 is 0.655 bits per heavy atom. The quantitative estimate of drug-likeness (QED) is 0.0133. The minimum Gasteiger partial charge on any atom is -0.490 e. The lowest BCUT2D eigenvalue weighted by Crippen LogP contribution is -2.54. The molecule has 0 aliphatic heterocycles. The van der Waals surface area contributed by atoms with Gasteiger partial charge in [-0.15, -0.1) is 0 Å². The Kier molecular flexibility index (Phi) is 28.6. The molecule has 5 N–H and O–H groups in total. The van der Waals surface area contributed by atoms with Crippen LogP contribution in [0.5, 0.6) is 17.2 Å². The molecular weight excluding hydrogens is 1090 g/mol. The number of rotatable bonds is 40. The molecule has 2 amide bonds. The van der Waals surface area contributed by atoms with E-state index in [0.717, 1.165) is 20.1 Å². The van der Waals surface area contributed by atoms with Crippen molar-refractivity contribution in [3.63, 3.8) is 0 Å². The smallest absolute Gasteiger partial charge is 0.407 e. The molecule has 1 aromatic heterocycles. The second-order valence-electron chi connectivity index (χ2n) is 21.8. The summed E-state index contributed by atoms with van der Waals surface area (Å²) in [7, 11) is 0. The van der Waals surface area contributed by atoms with Crippen molar-refractivity contribution in [1.82, 2.24) is 24.3 Å². The van der Waals surface area contributed by atoms with Gasteiger partial charge in [-0.25, -0.2) is 37.7 Å². The van der Waals surface area contributed by atoms with Gasteiger partial charge in [-0.2, -0.15) is 0 Å². The SMILES string of the molecule is CC(C)(O)C(=O)c1ccc(OCCOC(=O)CCCCCCCn2c(=O)n(CCCCCCNC(=O)OCCOc3ccc(C(=O)C(C)(C)O)cc3)c(=O)n(CCCCCCNC(=O)OCCOc3ccc(C(=O)C(C)(C)O)cc3)c2=O)cc1. The highest BCUT2D eigenvalue weighted by Crippen LogP contribution is 2.20. The first-order chi connectivity index (χ1) is 39.9. The third-order valence-electron chi connectivity index (χ3n) is 13.1. The fourth-order valence-electron chi connectivity index (χ4n) is 8.45. The summed E-state index contributed by atoms with van der Waals surface area (Å²) in [6.45, 7) is 9.65. The molecule has 3 aromatic carbocycles. The van der Waals surface area contributed by atoms with Gasteiger partial charge in [0.2, 0.25) is 0 Å². The number of ketones is 3. The Morgan fingerprint density at radius 3 is 0.964 bits per heavy atom. The number of nitrogens with zero attached hydrogens (tertiary/aromatic N) is 3. The summed E-state index contributed by atoms with van der Waals surface area (Å²) in [6.07, 6.45) is 6.82. The Labute approximate surface area is 489 Å². The fourth-order valence-corrected chi connectivity index (χ4v) is 8.45. The number of hydrogen-bond acceptors (Lipinski definition) is 18. The molecule has 0 fully saturated rings. The maximum absolute atomic E-state index is 13.7. The van der Waals surface area contributed by atoms with Gasteiger partial charge in [0.15, 0.2) is 17.3 Å². The van der Waals surface area contributed by atoms with Crippen LogP contribution in [0.1, 0.15) is 163 Å². The number of amides is 2. The summed E-state index contributed by atoms with van der Waals surface area (Å²) in [5.41, 5.74) is -5.53. The molecule has 0 saturated heterocycles. The van der Waals surface area contributed by atoms with E-state index in [1.54, 1.807) is 72.8 Å². The molecule has 0 saturated carbocycles. The van der Waals surface area contributed by atoms with Crippen molar-refractivity contribution in [2.24, 2.45) is 0 Å². The lowest BCUT2D eigenvalue weighted by atomic mass is 9.97. The summed E-state index contributed by atoms with van der Waals surface area (Å²) in [6, 6.07) is 18.8. The molecule has 0 spiro atoms. The van der Waals surface area contributed by atoms with E-state index in [0.29, 0.717) is 124 Å². The van der Waals surface area contributed by atoms with Gasteiger partial charge < -0.3 is 54.4 Å². The molecule has 0 unspecified atom stereocenters. The molecule has 0 atom stereocenters. The first-order valence-corrected chi connectivity index (χ1v) is 28.8. The average Bonchev–Trinajstić information content (AvgIpc) is 2.49. The number of hydrogen-bond donors (Lipinski definition) is 5. The van der Waals surface area contributed by atoms with Gasteiger partial charge in [-0.05, 0) is 153 Å². The number of esters is 1. The Hall–Kier alpha value is -7.63. The van der Waals surface area contributed by atoms with Crippen LogP contribution in [0.15, 0.2) is 87.2 Å². The van der Waals surface area contributed by atoms with Gasteiger partial charge in [-0.1, -0.05) is 44.9 Å². The summed E-state index contributed by atoms with van der Waals surface area (Å²) in [4.78, 5) is 115. The molecule has 1 heterocycles. The van der Waals surface area contributed by atoms with Crippen LogP contribution < -0.4 is 41.9 Å². The number of nitrogens with one attached hydrogen (secondary N) is 2. The van der Waals surface area contributed by atoms with Crippen molar-refractivity contribution in [1.29, 1.82) is 0 Å². The number of carbonyl (C=O) groups excluding carboxylic acids is 6. The third-order valence-corrected chi connectivity index (χ3v) is 13.1. The number of unbranched alkanes of at least 4 members (excludes halogenated alkanes) is 10. The van der Waals surface area contributed by atoms with Gasteiger partial charge in [0, 0.05) is 55.8 Å². The van der Waals surface area contributed by atoms with E-state index in [2.05, 4.69) is 10.6 Å². The molecule has 4 rings (SSSR count). The first-order valence-electron chi connectivity index (χ1n) is 28.8. The van der Waals surface area contributed by atoms with Crippen LogP contribution in [0, 0.1) is 0 Å². The van der Waals surface area contributed by atoms with Gasteiger partial charge >= 0.3 is 35.2 Å². The van der Waals surface area contributed by atoms with E-state index in [4.69, 9.17) is 28.4 Å². The summed E-state index contributed by atoms with van der Waals surface area (Å²) in [5.74, 6) is -0.218. The van der Waals surface area contributed by atoms with E-state index < -0.39 is 63.4 Å². The van der Waals surface area contributed by atoms with Crippen molar-refractivity contribution < 1.29 is 72.5 Å². The van der Waals surface area contributed by atoms with Gasteiger partial charge in [-0.3, -0.25) is 19.2 Å². The van der Waals surface area contributed by atoms with Crippen molar-refractivity contribution >= 4 is 35.5 Å². The zero-order chi connectivity index (χ0) is 61.7. The lowest BCUT2D eigenvalue weighted by molar-refractivity contribution is -0.144. The van der Waals surface area contributed by atoms with Gasteiger partial charge in [0.05, 0.1) is 0 Å². The van der Waals surface area contributed by atoms with Crippen LogP contribution in [0.2, 0.25) is 0 Å². The van der Waals surface area contributed by atoms with Crippen LogP contribution in [-0.4, -0.2) is 134 Å². The zero-order valence-electron chi connectivity index (χ0n) is 49.4. The molecule has 0 aliphatic carbocycles. The van der Waals surface area contributed by atoms with Gasteiger partial charge in [0.1, 0.15) is 73.7 Å². The molecular formula is C61H85N5O18. The number of aromatic nitrogens is 3. The summed E-state index contributed by atoms with van der Waals surface area (Å²) in [5, 5.41) is 35.2. The van der Waals surface area contributed by atoms with Crippen molar-refractivity contribution in [3.05, 3.63) is 121 Å². The van der Waals surface area contributed by atoms with Crippen LogP contribution in [-0.2, 0) is 38.6 Å². The summed E-state index contributed by atoms with van der Waals surface area (Å²) >= 11 is 0. The molecule has 84 heavy (non-hydrogen) atoms. The molecule has 462 valence electrons. The zero-order valence-corrected chi connectivity index (χ0v) is 49.4. The molecule has 23 nitrogen and oxygen atoms in total. The Morgan fingerprint density at radius 1 is 0.381 bits per heavy atom. The number of Topliss-reactive ketones (excluding diaryl/α,β-unsaturated/α-hetero) is 3. The maximum atomic E-state index is 13.7. The number of carbonyl (C=O) groups is 6. The second-order valence-corrected chi connectivity index (χ2v) is 21.8. The predicted octanol–water partition coefficient (Wildman–Crippen LogP) is 6.73. The third kappa shape index (κ3) is 24.7. The maximum Gasteiger partial charge on any atom is 0.407 e. The largest absolute Gasteiger partial charge is 0.490 e. The molecule has 0 bridgehead atoms. The van der Waals surface area contributed by atoms with E-state index >= 15 is 0 Å². The highest BCUT2D eigenvalue weighted by molar-refractivity contribution is 6.03. The number of benzene rings is 3. The van der Waals surface area contributed by atoms with Crippen LogP contribution >= 0.6 is 0 Å². The molecule has 23 heteroatoms. The highest BCUT2D eigenvalue weighted by Gasteiger charge is 2.27. The minimum atomic E-state index is -1.50. The Bertz CT molecular complexity index is 2570. The monoisotopic (exact) mass is 1180 g/mol. The Balaban J connectivity index is 1.18. The average molecular weight is 1180 g/mol. The topological polar surface area (TPSA) is 309 Å². The van der Waals surface area contributed by atoms with Crippen LogP contribution in [0.4, 0.5) is 9.59 Å². The van der Waals surface area contributed by atoms with Crippen molar-refractivity contribution in [2.75, 3.05) is 52.7 Å². The summed E-state index contributed by atoms with van der Waals surface area (Å²) < 4.78 is 35.7. The molecule has 0 radical (unpaired) electrons. The number of ether oxygens (including phenoxy) is 6. The molecule has 4 aromatic rings. The lowest BCUT2D eigenvalue weighted by Gasteiger charge is -2.15. The minimum absolute atomic E-state index is 0.0226. The fraction of sp³-hybridized carbons (Fsp3) is 0.557. The normalized spacial score (nSPS) is 11.6. The predicted molar refractivity (Wildman–Crippen MR) is 311 cm³/mol. The van der Waals surface area contributed by atoms with Gasteiger partial charge in [0.25, 0.3) is 0 Å².